The fourth-order valence-electron chi connectivity index (χ4n) is 1.78. The first kappa shape index (κ1) is 14.4. The minimum atomic E-state index is -1.07. The number of anilines is 1. The van der Waals surface area contributed by atoms with E-state index in [9.17, 15) is 4.79 Å². The predicted octanol–water partition coefficient (Wildman–Crippen LogP) is 1.17. The number of carbonyl (C=O) groups is 1. The normalized spacial score (nSPS) is 11.6. The summed E-state index contributed by atoms with van der Waals surface area (Å²) < 4.78 is 0. The molecule has 0 saturated heterocycles. The molecule has 0 fully saturated rings. The van der Waals surface area contributed by atoms with Crippen LogP contribution >= 0.6 is 0 Å². The molecular formula is C12H20N4O2. The second-order valence-electron chi connectivity index (χ2n) is 5.36. The molecule has 0 atom stereocenters. The average Bonchev–Trinajstić information content (AvgIpc) is 2.25. The third-order valence-corrected chi connectivity index (χ3v) is 2.38. The minimum Gasteiger partial charge on any atom is -0.476 e. The molecule has 1 aromatic heterocycles. The zero-order valence-electron chi connectivity index (χ0n) is 11.3. The molecule has 6 nitrogen and oxygen atoms in total. The van der Waals surface area contributed by atoms with E-state index >= 15 is 0 Å². The fourth-order valence-corrected chi connectivity index (χ4v) is 1.78. The predicted molar refractivity (Wildman–Crippen MR) is 69.8 cm³/mol. The molecule has 1 heterocycles. The van der Waals surface area contributed by atoms with Crippen molar-refractivity contribution in [3.05, 3.63) is 17.8 Å². The van der Waals surface area contributed by atoms with Crippen LogP contribution in [-0.2, 0) is 0 Å². The zero-order valence-corrected chi connectivity index (χ0v) is 11.3. The van der Waals surface area contributed by atoms with Crippen molar-refractivity contribution in [1.82, 2.24) is 15.1 Å². The Balaban J connectivity index is 2.55. The van der Waals surface area contributed by atoms with Crippen LogP contribution in [0.4, 0.5) is 5.82 Å². The van der Waals surface area contributed by atoms with Gasteiger partial charge in [-0.05, 0) is 31.6 Å². The van der Waals surface area contributed by atoms with Crippen molar-refractivity contribution in [2.75, 3.05) is 32.5 Å². The van der Waals surface area contributed by atoms with Gasteiger partial charge < -0.3 is 15.3 Å². The molecule has 0 aliphatic carbocycles. The van der Waals surface area contributed by atoms with E-state index < -0.39 is 5.97 Å². The fraction of sp³-hybridized carbons (Fsp3) is 0.583. The molecule has 0 unspecified atom stereocenters. The van der Waals surface area contributed by atoms with Crippen molar-refractivity contribution in [3.63, 3.8) is 0 Å². The van der Waals surface area contributed by atoms with Gasteiger partial charge >= 0.3 is 5.97 Å². The first-order chi connectivity index (χ1) is 8.30. The molecule has 100 valence electrons. The molecule has 0 aliphatic rings. The number of carboxylic acid groups (broad SMARTS) is 1. The summed E-state index contributed by atoms with van der Waals surface area (Å²) in [5, 5.41) is 19.3. The summed E-state index contributed by atoms with van der Waals surface area (Å²) in [7, 11) is 4.06. The van der Waals surface area contributed by atoms with E-state index in [0.717, 1.165) is 13.1 Å². The van der Waals surface area contributed by atoms with Crippen molar-refractivity contribution in [3.8, 4) is 0 Å². The molecule has 0 spiro atoms. The number of hydrogen-bond acceptors (Lipinski definition) is 5. The van der Waals surface area contributed by atoms with E-state index in [1.54, 1.807) is 6.07 Å². The summed E-state index contributed by atoms with van der Waals surface area (Å²) in [4.78, 5) is 12.7. The lowest BCUT2D eigenvalue weighted by Crippen LogP contribution is -2.34. The van der Waals surface area contributed by atoms with E-state index in [1.807, 2.05) is 14.1 Å². The van der Waals surface area contributed by atoms with E-state index in [2.05, 4.69) is 34.3 Å². The van der Waals surface area contributed by atoms with Crippen LogP contribution in [0.3, 0.4) is 0 Å². The highest BCUT2D eigenvalue weighted by molar-refractivity contribution is 5.85. The minimum absolute atomic E-state index is 0.0481. The van der Waals surface area contributed by atoms with Crippen LogP contribution in [0, 0.1) is 5.41 Å². The summed E-state index contributed by atoms with van der Waals surface area (Å²) in [5.41, 5.74) is 0.0458. The van der Waals surface area contributed by atoms with E-state index in [4.69, 9.17) is 5.11 Å². The average molecular weight is 252 g/mol. The maximum Gasteiger partial charge on any atom is 0.356 e. The lowest BCUT2D eigenvalue weighted by Gasteiger charge is -2.28. The summed E-state index contributed by atoms with van der Waals surface area (Å²) in [6, 6.07) is 3.07. The number of rotatable bonds is 6. The molecule has 6 heteroatoms. The van der Waals surface area contributed by atoms with E-state index in [-0.39, 0.29) is 11.1 Å². The topological polar surface area (TPSA) is 78.4 Å². The Morgan fingerprint density at radius 3 is 2.50 bits per heavy atom. The van der Waals surface area contributed by atoms with Gasteiger partial charge in [0, 0.05) is 13.1 Å². The Kier molecular flexibility index (Phi) is 4.61. The monoisotopic (exact) mass is 252 g/mol. The number of carboxylic acids is 1. The molecule has 0 bridgehead atoms. The van der Waals surface area contributed by atoms with Crippen molar-refractivity contribution in [2.24, 2.45) is 5.41 Å². The van der Waals surface area contributed by atoms with Gasteiger partial charge in [-0.3, -0.25) is 0 Å². The Morgan fingerprint density at radius 1 is 1.39 bits per heavy atom. The summed E-state index contributed by atoms with van der Waals surface area (Å²) in [5.74, 6) is -0.478. The van der Waals surface area contributed by atoms with Gasteiger partial charge in [-0.1, -0.05) is 13.8 Å². The van der Waals surface area contributed by atoms with Crippen molar-refractivity contribution >= 4 is 11.8 Å². The molecule has 0 saturated carbocycles. The van der Waals surface area contributed by atoms with E-state index in [0.29, 0.717) is 5.82 Å². The second kappa shape index (κ2) is 5.77. The Bertz CT molecular complexity index is 401. The molecule has 2 N–H and O–H groups in total. The Hall–Kier alpha value is -1.69. The lowest BCUT2D eigenvalue weighted by molar-refractivity contribution is 0.0689. The van der Waals surface area contributed by atoms with Gasteiger partial charge in [-0.15, -0.1) is 10.2 Å². The highest BCUT2D eigenvalue weighted by Crippen LogP contribution is 2.16. The molecule has 18 heavy (non-hydrogen) atoms. The molecule has 0 amide bonds. The van der Waals surface area contributed by atoms with Gasteiger partial charge in [0.05, 0.1) is 0 Å². The first-order valence-electron chi connectivity index (χ1n) is 5.76. The third-order valence-electron chi connectivity index (χ3n) is 2.38. The van der Waals surface area contributed by atoms with E-state index in [1.165, 1.54) is 6.07 Å². The smallest absolute Gasteiger partial charge is 0.356 e. The van der Waals surface area contributed by atoms with Crippen LogP contribution in [0.15, 0.2) is 12.1 Å². The second-order valence-corrected chi connectivity index (χ2v) is 5.36. The van der Waals surface area contributed by atoms with Gasteiger partial charge in [0.25, 0.3) is 0 Å². The molecule has 1 aromatic rings. The maximum absolute atomic E-state index is 10.6. The van der Waals surface area contributed by atoms with Crippen LogP contribution in [0.2, 0.25) is 0 Å². The van der Waals surface area contributed by atoms with Crippen LogP contribution in [0.5, 0.6) is 0 Å². The summed E-state index contributed by atoms with van der Waals surface area (Å²) in [6.45, 7) is 5.99. The molecular weight excluding hydrogens is 232 g/mol. The molecule has 0 radical (unpaired) electrons. The van der Waals surface area contributed by atoms with Gasteiger partial charge in [0.1, 0.15) is 5.82 Å². The van der Waals surface area contributed by atoms with Crippen molar-refractivity contribution in [2.45, 2.75) is 13.8 Å². The highest BCUT2D eigenvalue weighted by atomic mass is 16.4. The van der Waals surface area contributed by atoms with Gasteiger partial charge in [0.15, 0.2) is 5.69 Å². The number of aromatic nitrogens is 2. The van der Waals surface area contributed by atoms with Crippen LogP contribution in [0.1, 0.15) is 24.3 Å². The van der Waals surface area contributed by atoms with Gasteiger partial charge in [-0.25, -0.2) is 4.79 Å². The largest absolute Gasteiger partial charge is 0.476 e. The van der Waals surface area contributed by atoms with Crippen LogP contribution < -0.4 is 5.32 Å². The molecule has 0 aromatic carbocycles. The Morgan fingerprint density at radius 2 is 2.06 bits per heavy atom. The third kappa shape index (κ3) is 4.67. The summed E-state index contributed by atoms with van der Waals surface area (Å²) in [6.07, 6.45) is 0. The molecule has 0 aliphatic heterocycles. The van der Waals surface area contributed by atoms with Crippen molar-refractivity contribution < 1.29 is 9.90 Å². The van der Waals surface area contributed by atoms with Crippen LogP contribution in [0.25, 0.3) is 0 Å². The molecule has 1 rings (SSSR count). The first-order valence-corrected chi connectivity index (χ1v) is 5.76. The lowest BCUT2D eigenvalue weighted by atomic mass is 9.93. The Labute approximate surface area is 107 Å². The standard InChI is InChI=1S/C12H20N4O2/c1-12(2,8-16(3)4)7-13-10-6-5-9(11(17)18)14-15-10/h5-6H,7-8H2,1-4H3,(H,13,15)(H,17,18). The zero-order chi connectivity index (χ0) is 13.8. The number of nitrogens with zero attached hydrogens (tertiary/aromatic N) is 3. The number of aromatic carboxylic acids is 1. The number of hydrogen-bond donors (Lipinski definition) is 2. The van der Waals surface area contributed by atoms with Crippen LogP contribution in [-0.4, -0.2) is 53.4 Å². The van der Waals surface area contributed by atoms with Gasteiger partial charge in [0.2, 0.25) is 0 Å². The SMILES string of the molecule is CN(C)CC(C)(C)CNc1ccc(C(=O)O)nn1. The maximum atomic E-state index is 10.6. The highest BCUT2D eigenvalue weighted by Gasteiger charge is 2.18. The summed E-state index contributed by atoms with van der Waals surface area (Å²) >= 11 is 0. The van der Waals surface area contributed by atoms with Gasteiger partial charge in [-0.2, -0.15) is 0 Å². The van der Waals surface area contributed by atoms with Crippen molar-refractivity contribution in [1.29, 1.82) is 0 Å². The quantitative estimate of drug-likeness (QED) is 0.791. The number of nitrogens with one attached hydrogen (secondary N) is 1.